The third-order valence-electron chi connectivity index (χ3n) is 3.66. The highest BCUT2D eigenvalue weighted by molar-refractivity contribution is 5.97. The maximum Gasteiger partial charge on any atom is 0.246 e. The molecule has 0 aliphatic carbocycles. The van der Waals surface area contributed by atoms with Gasteiger partial charge in [-0.3, -0.25) is 4.79 Å². The molecule has 2 aromatic rings. The number of anilines is 2. The van der Waals surface area contributed by atoms with Gasteiger partial charge in [0.15, 0.2) is 0 Å². The molecule has 0 spiro atoms. The van der Waals surface area contributed by atoms with E-state index >= 15 is 0 Å². The van der Waals surface area contributed by atoms with Gasteiger partial charge in [-0.05, 0) is 42.7 Å². The summed E-state index contributed by atoms with van der Waals surface area (Å²) < 4.78 is 0. The summed E-state index contributed by atoms with van der Waals surface area (Å²) in [6.45, 7) is 0. The van der Waals surface area contributed by atoms with Gasteiger partial charge in [-0.1, -0.05) is 30.2 Å². The van der Waals surface area contributed by atoms with Gasteiger partial charge in [0.05, 0.1) is 0 Å². The van der Waals surface area contributed by atoms with Gasteiger partial charge in [0.25, 0.3) is 0 Å². The molecule has 2 aromatic carbocycles. The number of fused-ring (bicyclic) bond motifs is 1. The lowest BCUT2D eigenvalue weighted by Crippen LogP contribution is -2.33. The average molecular weight is 276 g/mol. The number of benzene rings is 2. The Bertz CT molecular complexity index is 715. The fourth-order valence-corrected chi connectivity index (χ4v) is 2.55. The Hall–Kier alpha value is -2.73. The smallest absolute Gasteiger partial charge is 0.246 e. The highest BCUT2D eigenvalue weighted by Crippen LogP contribution is 2.23. The Kier molecular flexibility index (Phi) is 3.61. The normalized spacial score (nSPS) is 17.1. The Balaban J connectivity index is 1.78. The summed E-state index contributed by atoms with van der Waals surface area (Å²) in [4.78, 5) is 12.3. The average Bonchev–Trinajstić information content (AvgIpc) is 2.67. The van der Waals surface area contributed by atoms with Crippen molar-refractivity contribution in [1.29, 1.82) is 0 Å². The number of hydrogen-bond donors (Lipinski definition) is 2. The zero-order valence-electron chi connectivity index (χ0n) is 11.6. The van der Waals surface area contributed by atoms with Gasteiger partial charge < -0.3 is 10.6 Å². The van der Waals surface area contributed by atoms with Gasteiger partial charge in [0, 0.05) is 16.9 Å². The second-order valence-electron chi connectivity index (χ2n) is 5.11. The number of para-hydroxylation sites is 1. The molecule has 0 fully saturated rings. The molecular formula is C18H16N2O. The van der Waals surface area contributed by atoms with Crippen LogP contribution in [0.1, 0.15) is 17.5 Å². The first kappa shape index (κ1) is 13.3. The second-order valence-corrected chi connectivity index (χ2v) is 5.11. The minimum absolute atomic E-state index is 0.00828. The van der Waals surface area contributed by atoms with Crippen molar-refractivity contribution < 1.29 is 4.79 Å². The predicted molar refractivity (Wildman–Crippen MR) is 85.2 cm³/mol. The summed E-state index contributed by atoms with van der Waals surface area (Å²) in [6, 6.07) is 15.2. The molecule has 104 valence electrons. The Morgan fingerprint density at radius 2 is 2.05 bits per heavy atom. The number of terminal acetylenes is 1. The van der Waals surface area contributed by atoms with Gasteiger partial charge in [0.2, 0.25) is 5.91 Å². The lowest BCUT2D eigenvalue weighted by atomic mass is 10.1. The van der Waals surface area contributed by atoms with Crippen molar-refractivity contribution in [3.8, 4) is 12.3 Å². The van der Waals surface area contributed by atoms with E-state index < -0.39 is 0 Å². The molecule has 0 radical (unpaired) electrons. The minimum Gasteiger partial charge on any atom is -0.374 e. The maximum atomic E-state index is 12.3. The standard InChI is InChI=1S/C18H16N2O/c1-2-13-6-5-8-15(12-13)19-17-11-10-14-7-3-4-9-16(14)20-18(17)21/h1,3-9,12,17,19H,10-11H2,(H,20,21). The van der Waals surface area contributed by atoms with Gasteiger partial charge in [-0.2, -0.15) is 0 Å². The first-order valence-corrected chi connectivity index (χ1v) is 6.98. The highest BCUT2D eigenvalue weighted by Gasteiger charge is 2.23. The lowest BCUT2D eigenvalue weighted by Gasteiger charge is -2.16. The molecule has 1 amide bonds. The lowest BCUT2D eigenvalue weighted by molar-refractivity contribution is -0.116. The fourth-order valence-electron chi connectivity index (χ4n) is 2.55. The van der Waals surface area contributed by atoms with Crippen LogP contribution in [-0.4, -0.2) is 11.9 Å². The first-order chi connectivity index (χ1) is 10.3. The molecule has 0 saturated carbocycles. The number of rotatable bonds is 2. The molecule has 1 aliphatic heterocycles. The zero-order valence-corrected chi connectivity index (χ0v) is 11.6. The molecule has 21 heavy (non-hydrogen) atoms. The van der Waals surface area contributed by atoms with E-state index in [2.05, 4.69) is 22.6 Å². The summed E-state index contributed by atoms with van der Waals surface area (Å²) in [5.74, 6) is 2.59. The zero-order chi connectivity index (χ0) is 14.7. The van der Waals surface area contributed by atoms with Crippen molar-refractivity contribution in [2.75, 3.05) is 10.6 Å². The SMILES string of the molecule is C#Cc1cccc(NC2CCc3ccccc3NC2=O)c1. The number of carbonyl (C=O) groups excluding carboxylic acids is 1. The fraction of sp³-hybridized carbons (Fsp3) is 0.167. The Labute approximate surface area is 124 Å². The molecule has 3 rings (SSSR count). The molecule has 3 nitrogen and oxygen atoms in total. The highest BCUT2D eigenvalue weighted by atomic mass is 16.2. The predicted octanol–water partition coefficient (Wildman–Crippen LogP) is 3.03. The van der Waals surface area contributed by atoms with E-state index in [0.717, 1.165) is 29.8 Å². The van der Waals surface area contributed by atoms with Crippen LogP contribution in [0, 0.1) is 12.3 Å². The summed E-state index contributed by atoms with van der Waals surface area (Å²) in [5.41, 5.74) is 3.76. The molecule has 0 saturated heterocycles. The van der Waals surface area contributed by atoms with E-state index in [1.54, 1.807) is 0 Å². The molecule has 1 aliphatic rings. The topological polar surface area (TPSA) is 41.1 Å². The second kappa shape index (κ2) is 5.72. The van der Waals surface area contributed by atoms with Crippen LogP contribution in [0.5, 0.6) is 0 Å². The van der Waals surface area contributed by atoms with Gasteiger partial charge >= 0.3 is 0 Å². The van der Waals surface area contributed by atoms with Crippen molar-refractivity contribution in [2.45, 2.75) is 18.9 Å². The molecule has 1 heterocycles. The van der Waals surface area contributed by atoms with Crippen molar-refractivity contribution >= 4 is 17.3 Å². The number of carbonyl (C=O) groups is 1. The molecule has 2 N–H and O–H groups in total. The van der Waals surface area contributed by atoms with Gasteiger partial charge in [-0.15, -0.1) is 6.42 Å². The van der Waals surface area contributed by atoms with E-state index in [9.17, 15) is 4.79 Å². The van der Waals surface area contributed by atoms with Gasteiger partial charge in [0.1, 0.15) is 6.04 Å². The van der Waals surface area contributed by atoms with Crippen LogP contribution in [-0.2, 0) is 11.2 Å². The van der Waals surface area contributed by atoms with E-state index in [-0.39, 0.29) is 11.9 Å². The van der Waals surface area contributed by atoms with Crippen molar-refractivity contribution in [3.05, 3.63) is 59.7 Å². The Morgan fingerprint density at radius 3 is 2.90 bits per heavy atom. The third kappa shape index (κ3) is 2.90. The minimum atomic E-state index is -0.259. The first-order valence-electron chi connectivity index (χ1n) is 6.98. The van der Waals surface area contributed by atoms with E-state index in [1.165, 1.54) is 5.56 Å². The molecule has 1 atom stereocenters. The molecular weight excluding hydrogens is 260 g/mol. The number of amides is 1. The van der Waals surface area contributed by atoms with E-state index in [1.807, 2.05) is 42.5 Å². The van der Waals surface area contributed by atoms with Crippen molar-refractivity contribution in [2.24, 2.45) is 0 Å². The van der Waals surface area contributed by atoms with Crippen LogP contribution in [0.25, 0.3) is 0 Å². The van der Waals surface area contributed by atoms with Crippen LogP contribution in [0.2, 0.25) is 0 Å². The van der Waals surface area contributed by atoms with E-state index in [4.69, 9.17) is 6.42 Å². The summed E-state index contributed by atoms with van der Waals surface area (Å²) in [6.07, 6.45) is 7.02. The number of aryl methyl sites for hydroxylation is 1. The van der Waals surface area contributed by atoms with Crippen LogP contribution < -0.4 is 10.6 Å². The van der Waals surface area contributed by atoms with E-state index in [0.29, 0.717) is 0 Å². The van der Waals surface area contributed by atoms with Crippen LogP contribution in [0.15, 0.2) is 48.5 Å². The molecule has 3 heteroatoms. The summed E-state index contributed by atoms with van der Waals surface area (Å²) >= 11 is 0. The van der Waals surface area contributed by atoms with Crippen LogP contribution in [0.3, 0.4) is 0 Å². The third-order valence-corrected chi connectivity index (χ3v) is 3.66. The number of hydrogen-bond acceptors (Lipinski definition) is 2. The monoisotopic (exact) mass is 276 g/mol. The maximum absolute atomic E-state index is 12.3. The molecule has 1 unspecified atom stereocenters. The number of nitrogens with one attached hydrogen (secondary N) is 2. The Morgan fingerprint density at radius 1 is 1.19 bits per heavy atom. The summed E-state index contributed by atoms with van der Waals surface area (Å²) in [5, 5.41) is 6.25. The summed E-state index contributed by atoms with van der Waals surface area (Å²) in [7, 11) is 0. The van der Waals surface area contributed by atoms with Crippen LogP contribution in [0.4, 0.5) is 11.4 Å². The van der Waals surface area contributed by atoms with Crippen molar-refractivity contribution in [3.63, 3.8) is 0 Å². The van der Waals surface area contributed by atoms with Gasteiger partial charge in [-0.25, -0.2) is 0 Å². The molecule has 0 aromatic heterocycles. The molecule has 0 bridgehead atoms. The quantitative estimate of drug-likeness (QED) is 0.828. The largest absolute Gasteiger partial charge is 0.374 e. The van der Waals surface area contributed by atoms with Crippen molar-refractivity contribution in [1.82, 2.24) is 0 Å². The van der Waals surface area contributed by atoms with Crippen LogP contribution >= 0.6 is 0 Å².